The molecule has 2 aromatic rings. The molecule has 2 aliphatic rings. The van der Waals surface area contributed by atoms with Gasteiger partial charge in [0.15, 0.2) is 0 Å². The van der Waals surface area contributed by atoms with Gasteiger partial charge in [0.25, 0.3) is 0 Å². The summed E-state index contributed by atoms with van der Waals surface area (Å²) in [4.78, 5) is 10.9. The zero-order valence-corrected chi connectivity index (χ0v) is 17.1. The standard InChI is InChI=1S/C21H27ClN6O/c22-17-12-25-21(26-13-17)27-8-5-15(6-9-27)20-11-16(20)7-10-29-19-3-1-18(2-4-19)28(24)14-23/h1-4,12-16,20,23H,5-11,24H2. The third kappa shape index (κ3) is 4.97. The van der Waals surface area contributed by atoms with Crippen molar-refractivity contribution in [3.05, 3.63) is 41.7 Å². The van der Waals surface area contributed by atoms with Crippen molar-refractivity contribution in [3.8, 4) is 5.75 Å². The van der Waals surface area contributed by atoms with Gasteiger partial charge < -0.3 is 9.64 Å². The lowest BCUT2D eigenvalue weighted by molar-refractivity contribution is 0.284. The number of piperidine rings is 1. The minimum absolute atomic E-state index is 0.579. The highest BCUT2D eigenvalue weighted by Gasteiger charge is 2.43. The Bertz CT molecular complexity index is 807. The lowest BCUT2D eigenvalue weighted by atomic mass is 9.90. The SMILES string of the molecule is N=CN(N)c1ccc(OCCC2CC2C2CCN(c3ncc(Cl)cn3)CC2)cc1. The van der Waals surface area contributed by atoms with Crippen molar-refractivity contribution in [1.82, 2.24) is 9.97 Å². The van der Waals surface area contributed by atoms with E-state index in [9.17, 15) is 0 Å². The molecular formula is C21H27ClN6O. The van der Waals surface area contributed by atoms with Gasteiger partial charge >= 0.3 is 0 Å². The first-order valence-corrected chi connectivity index (χ1v) is 10.5. The Hall–Kier alpha value is -2.38. The third-order valence-corrected chi connectivity index (χ3v) is 6.24. The molecule has 154 valence electrons. The minimum Gasteiger partial charge on any atom is -0.494 e. The van der Waals surface area contributed by atoms with Crippen molar-refractivity contribution in [2.45, 2.75) is 25.7 Å². The van der Waals surface area contributed by atoms with E-state index in [4.69, 9.17) is 27.6 Å². The molecule has 2 atom stereocenters. The number of rotatable bonds is 8. The Morgan fingerprint density at radius 1 is 1.21 bits per heavy atom. The summed E-state index contributed by atoms with van der Waals surface area (Å²) in [6.45, 7) is 2.79. The van der Waals surface area contributed by atoms with Crippen molar-refractivity contribution < 1.29 is 4.74 Å². The molecule has 1 saturated carbocycles. The summed E-state index contributed by atoms with van der Waals surface area (Å²) in [6, 6.07) is 7.52. The average Bonchev–Trinajstić information content (AvgIpc) is 3.54. The van der Waals surface area contributed by atoms with Gasteiger partial charge in [0.2, 0.25) is 5.95 Å². The topological polar surface area (TPSA) is 91.4 Å². The van der Waals surface area contributed by atoms with Crippen molar-refractivity contribution in [2.24, 2.45) is 23.6 Å². The number of hydrogen-bond donors (Lipinski definition) is 2. The first-order chi connectivity index (χ1) is 14.1. The second-order valence-corrected chi connectivity index (χ2v) is 8.29. The van der Waals surface area contributed by atoms with Gasteiger partial charge in [-0.2, -0.15) is 0 Å². The molecule has 1 saturated heterocycles. The van der Waals surface area contributed by atoms with Gasteiger partial charge in [-0.3, -0.25) is 10.4 Å². The Morgan fingerprint density at radius 3 is 2.55 bits per heavy atom. The van der Waals surface area contributed by atoms with Crippen LogP contribution in [0.2, 0.25) is 5.02 Å². The highest BCUT2D eigenvalue weighted by Crippen LogP contribution is 2.49. The maximum Gasteiger partial charge on any atom is 0.225 e. The summed E-state index contributed by atoms with van der Waals surface area (Å²) in [5.41, 5.74) is 0.768. The lowest BCUT2D eigenvalue weighted by Gasteiger charge is -2.32. The van der Waals surface area contributed by atoms with E-state index in [1.165, 1.54) is 24.3 Å². The first-order valence-electron chi connectivity index (χ1n) is 10.1. The molecule has 8 heteroatoms. The van der Waals surface area contributed by atoms with Crippen molar-refractivity contribution >= 4 is 29.6 Å². The summed E-state index contributed by atoms with van der Waals surface area (Å²) in [5.74, 6) is 9.73. The first kappa shape index (κ1) is 19.9. The van der Waals surface area contributed by atoms with E-state index in [0.29, 0.717) is 5.02 Å². The van der Waals surface area contributed by atoms with Gasteiger partial charge in [-0.25, -0.2) is 15.8 Å². The van der Waals surface area contributed by atoms with Crippen molar-refractivity contribution in [3.63, 3.8) is 0 Å². The van der Waals surface area contributed by atoms with Crippen LogP contribution >= 0.6 is 11.6 Å². The monoisotopic (exact) mass is 414 g/mol. The number of aromatic nitrogens is 2. The van der Waals surface area contributed by atoms with E-state index < -0.39 is 0 Å². The molecule has 29 heavy (non-hydrogen) atoms. The smallest absolute Gasteiger partial charge is 0.225 e. The molecule has 4 rings (SSSR count). The number of hydrogen-bond acceptors (Lipinski definition) is 6. The van der Waals surface area contributed by atoms with E-state index in [-0.39, 0.29) is 0 Å². The lowest BCUT2D eigenvalue weighted by Crippen LogP contribution is -2.35. The Balaban J connectivity index is 1.16. The van der Waals surface area contributed by atoms with Gasteiger partial charge in [0.1, 0.15) is 12.1 Å². The number of benzene rings is 1. The van der Waals surface area contributed by atoms with Gasteiger partial charge in [-0.05, 0) is 67.7 Å². The largest absolute Gasteiger partial charge is 0.494 e. The number of hydrazine groups is 1. The number of nitrogens with one attached hydrogen (secondary N) is 1. The molecule has 1 aromatic heterocycles. The highest BCUT2D eigenvalue weighted by atomic mass is 35.5. The predicted octanol–water partition coefficient (Wildman–Crippen LogP) is 3.74. The van der Waals surface area contributed by atoms with Gasteiger partial charge in [0.05, 0.1) is 29.7 Å². The summed E-state index contributed by atoms with van der Waals surface area (Å²) < 4.78 is 5.89. The molecule has 0 radical (unpaired) electrons. The molecule has 3 N–H and O–H groups in total. The molecule has 0 spiro atoms. The second kappa shape index (κ2) is 8.97. The summed E-state index contributed by atoms with van der Waals surface area (Å²) in [7, 11) is 0. The van der Waals surface area contributed by atoms with Crippen LogP contribution in [-0.2, 0) is 0 Å². The summed E-state index contributed by atoms with van der Waals surface area (Å²) in [6.07, 6.45) is 9.26. The zero-order chi connectivity index (χ0) is 20.2. The molecule has 1 aliphatic heterocycles. The number of nitrogens with zero attached hydrogens (tertiary/aromatic N) is 4. The van der Waals surface area contributed by atoms with Crippen LogP contribution in [0, 0.1) is 23.2 Å². The number of ether oxygens (including phenoxy) is 1. The van der Waals surface area contributed by atoms with Gasteiger partial charge in [0, 0.05) is 13.1 Å². The minimum atomic E-state index is 0.579. The molecule has 2 unspecified atom stereocenters. The number of nitrogens with two attached hydrogens (primary N) is 1. The van der Waals surface area contributed by atoms with Crippen LogP contribution in [0.4, 0.5) is 11.6 Å². The zero-order valence-electron chi connectivity index (χ0n) is 16.4. The Labute approximate surface area is 176 Å². The fourth-order valence-corrected chi connectivity index (χ4v) is 4.39. The van der Waals surface area contributed by atoms with Crippen LogP contribution in [0.1, 0.15) is 25.7 Å². The third-order valence-electron chi connectivity index (χ3n) is 6.04. The fourth-order valence-electron chi connectivity index (χ4n) is 4.29. The van der Waals surface area contributed by atoms with Crippen LogP contribution < -0.4 is 20.5 Å². The van der Waals surface area contributed by atoms with E-state index in [1.54, 1.807) is 12.4 Å². The van der Waals surface area contributed by atoms with Crippen LogP contribution in [0.25, 0.3) is 0 Å². The van der Waals surface area contributed by atoms with Gasteiger partial charge in [-0.15, -0.1) is 0 Å². The number of halogens is 1. The van der Waals surface area contributed by atoms with Crippen molar-refractivity contribution in [1.29, 1.82) is 5.41 Å². The molecule has 7 nitrogen and oxygen atoms in total. The summed E-state index contributed by atoms with van der Waals surface area (Å²) in [5, 5.41) is 9.01. The van der Waals surface area contributed by atoms with Gasteiger partial charge in [-0.1, -0.05) is 11.6 Å². The summed E-state index contributed by atoms with van der Waals surface area (Å²) >= 11 is 5.88. The van der Waals surface area contributed by atoms with Crippen LogP contribution in [-0.4, -0.2) is 36.0 Å². The maximum absolute atomic E-state index is 7.16. The van der Waals surface area contributed by atoms with Crippen molar-refractivity contribution in [2.75, 3.05) is 29.6 Å². The predicted molar refractivity (Wildman–Crippen MR) is 116 cm³/mol. The molecule has 1 aliphatic carbocycles. The van der Waals surface area contributed by atoms with E-state index in [2.05, 4.69) is 14.9 Å². The quantitative estimate of drug-likeness (QED) is 0.296. The second-order valence-electron chi connectivity index (χ2n) is 7.85. The van der Waals surface area contributed by atoms with Crippen LogP contribution in [0.3, 0.4) is 0 Å². The fraction of sp³-hybridized carbons (Fsp3) is 0.476. The molecule has 0 amide bonds. The molecule has 0 bridgehead atoms. The van der Waals surface area contributed by atoms with Crippen LogP contribution in [0.15, 0.2) is 36.7 Å². The molecule has 1 aromatic carbocycles. The molecule has 2 fully saturated rings. The Morgan fingerprint density at radius 2 is 1.90 bits per heavy atom. The van der Waals surface area contributed by atoms with E-state index >= 15 is 0 Å². The Kier molecular flexibility index (Phi) is 6.16. The van der Waals surface area contributed by atoms with Crippen LogP contribution in [0.5, 0.6) is 5.75 Å². The molecule has 2 heterocycles. The molecular weight excluding hydrogens is 388 g/mol. The average molecular weight is 415 g/mol. The van der Waals surface area contributed by atoms with E-state index in [1.807, 2.05) is 24.3 Å². The van der Waals surface area contributed by atoms with E-state index in [0.717, 1.165) is 67.6 Å². The maximum atomic E-state index is 7.16. The normalized spacial score (nSPS) is 21.7. The highest BCUT2D eigenvalue weighted by molar-refractivity contribution is 6.30. The number of anilines is 2.